The van der Waals surface area contributed by atoms with Crippen LogP contribution in [0.4, 0.5) is 0 Å². The van der Waals surface area contributed by atoms with Crippen molar-refractivity contribution < 1.29 is 14.7 Å². The highest BCUT2D eigenvalue weighted by atomic mass is 16.4. The number of carbonyl (C=O) groups excluding carboxylic acids is 1. The van der Waals surface area contributed by atoms with Crippen molar-refractivity contribution >= 4 is 23.9 Å². The fourth-order valence-electron chi connectivity index (χ4n) is 4.88. The number of nitrogens with zero attached hydrogens (tertiary/aromatic N) is 3. The van der Waals surface area contributed by atoms with E-state index in [4.69, 9.17) is 5.11 Å². The van der Waals surface area contributed by atoms with Gasteiger partial charge in [-0.3, -0.25) is 24.5 Å². The number of carboxylic acid groups (broad SMARTS) is 1. The summed E-state index contributed by atoms with van der Waals surface area (Å²) in [5, 5.41) is 15.4. The molecule has 0 aromatic carbocycles. The molecule has 2 rings (SSSR count). The summed E-state index contributed by atoms with van der Waals surface area (Å²) in [4.78, 5) is 35.0. The number of aliphatic imine (C=N–C) groups is 2. The minimum absolute atomic E-state index is 0.0577. The number of nitrogens with one attached hydrogen (secondary N) is 2. The van der Waals surface area contributed by atoms with Crippen molar-refractivity contribution in [1.29, 1.82) is 0 Å². The van der Waals surface area contributed by atoms with Gasteiger partial charge in [0.25, 0.3) is 0 Å². The third kappa shape index (κ3) is 9.20. The number of piperidine rings is 1. The SMILES string of the molecule is CN=C(/C(NC=NCC1CCN(CC(=O)O)CC1)=C(\C)C(=O)NCC1CCCCC1)C(C)(C)C. The van der Waals surface area contributed by atoms with Gasteiger partial charge in [-0.2, -0.15) is 0 Å². The quantitative estimate of drug-likeness (QED) is 0.255. The number of aliphatic carboxylic acids is 1. The van der Waals surface area contributed by atoms with Gasteiger partial charge in [-0.1, -0.05) is 40.0 Å². The van der Waals surface area contributed by atoms with Crippen molar-refractivity contribution in [2.75, 3.05) is 39.8 Å². The maximum Gasteiger partial charge on any atom is 0.317 e. The highest BCUT2D eigenvalue weighted by molar-refractivity contribution is 6.10. The molecule has 0 aromatic rings. The van der Waals surface area contributed by atoms with Crippen LogP contribution in [0.3, 0.4) is 0 Å². The Labute approximate surface area is 205 Å². The van der Waals surface area contributed by atoms with Crippen LogP contribution in [0.25, 0.3) is 0 Å². The molecule has 8 heteroatoms. The van der Waals surface area contributed by atoms with E-state index in [0.717, 1.165) is 43.9 Å². The van der Waals surface area contributed by atoms with Gasteiger partial charge in [-0.15, -0.1) is 0 Å². The van der Waals surface area contributed by atoms with Crippen molar-refractivity contribution in [2.45, 2.75) is 72.6 Å². The Kier molecular flexibility index (Phi) is 11.2. The van der Waals surface area contributed by atoms with E-state index in [1.807, 2.05) is 11.8 Å². The minimum atomic E-state index is -0.773. The van der Waals surface area contributed by atoms with Crippen LogP contribution in [0.15, 0.2) is 21.3 Å². The molecule has 2 aliphatic rings. The Morgan fingerprint density at radius 1 is 1.06 bits per heavy atom. The summed E-state index contributed by atoms with van der Waals surface area (Å²) in [7, 11) is 1.76. The van der Waals surface area contributed by atoms with Crippen LogP contribution >= 0.6 is 0 Å². The van der Waals surface area contributed by atoms with E-state index in [0.29, 0.717) is 24.0 Å². The number of likely N-dealkylation sites (tertiary alicyclic amines) is 1. The fourth-order valence-corrected chi connectivity index (χ4v) is 4.88. The zero-order chi connectivity index (χ0) is 25.1. The lowest BCUT2D eigenvalue weighted by molar-refractivity contribution is -0.138. The molecule has 0 spiro atoms. The van der Waals surface area contributed by atoms with Gasteiger partial charge in [0.2, 0.25) is 5.91 Å². The Morgan fingerprint density at radius 2 is 1.71 bits per heavy atom. The molecule has 0 bridgehead atoms. The first-order chi connectivity index (χ1) is 16.1. The lowest BCUT2D eigenvalue weighted by atomic mass is 9.86. The van der Waals surface area contributed by atoms with Crippen LogP contribution < -0.4 is 10.6 Å². The smallest absolute Gasteiger partial charge is 0.317 e. The average Bonchev–Trinajstić information content (AvgIpc) is 2.79. The van der Waals surface area contributed by atoms with Crippen LogP contribution in [0.2, 0.25) is 0 Å². The molecule has 1 amide bonds. The van der Waals surface area contributed by atoms with E-state index in [2.05, 4.69) is 41.4 Å². The van der Waals surface area contributed by atoms with Crippen molar-refractivity contribution in [3.8, 4) is 0 Å². The second-order valence-corrected chi connectivity index (χ2v) is 10.8. The van der Waals surface area contributed by atoms with Crippen LogP contribution in [0.5, 0.6) is 0 Å². The molecule has 8 nitrogen and oxygen atoms in total. The summed E-state index contributed by atoms with van der Waals surface area (Å²) in [6.07, 6.45) is 9.79. The minimum Gasteiger partial charge on any atom is -0.480 e. The van der Waals surface area contributed by atoms with Gasteiger partial charge in [0.05, 0.1) is 24.3 Å². The van der Waals surface area contributed by atoms with Crippen molar-refractivity contribution in [2.24, 2.45) is 27.2 Å². The van der Waals surface area contributed by atoms with Crippen LogP contribution in [-0.2, 0) is 9.59 Å². The zero-order valence-electron chi connectivity index (χ0n) is 21.8. The van der Waals surface area contributed by atoms with E-state index >= 15 is 0 Å². The van der Waals surface area contributed by atoms with Crippen molar-refractivity contribution in [3.63, 3.8) is 0 Å². The third-order valence-corrected chi connectivity index (χ3v) is 6.89. The topological polar surface area (TPSA) is 106 Å². The van der Waals surface area contributed by atoms with Gasteiger partial charge < -0.3 is 15.7 Å². The molecule has 1 saturated heterocycles. The summed E-state index contributed by atoms with van der Waals surface area (Å²) >= 11 is 0. The lowest BCUT2D eigenvalue weighted by Gasteiger charge is -2.29. The molecule has 0 unspecified atom stereocenters. The predicted octanol–water partition coefficient (Wildman–Crippen LogP) is 3.49. The molecule has 0 atom stereocenters. The highest BCUT2D eigenvalue weighted by Gasteiger charge is 2.26. The fraction of sp³-hybridized carbons (Fsp3) is 0.769. The third-order valence-electron chi connectivity index (χ3n) is 6.89. The second kappa shape index (κ2) is 13.6. The molecular weight excluding hydrogens is 430 g/mol. The molecule has 1 aliphatic heterocycles. The van der Waals surface area contributed by atoms with Crippen molar-refractivity contribution in [3.05, 3.63) is 11.3 Å². The van der Waals surface area contributed by atoms with Gasteiger partial charge in [0.15, 0.2) is 0 Å². The molecule has 2 fully saturated rings. The zero-order valence-corrected chi connectivity index (χ0v) is 21.8. The summed E-state index contributed by atoms with van der Waals surface area (Å²) in [5.74, 6) is 0.188. The number of allylic oxidation sites excluding steroid dienone is 1. The van der Waals surface area contributed by atoms with E-state index in [1.165, 1.54) is 32.1 Å². The largest absolute Gasteiger partial charge is 0.480 e. The van der Waals surface area contributed by atoms with Gasteiger partial charge in [0, 0.05) is 31.1 Å². The first-order valence-corrected chi connectivity index (χ1v) is 12.8. The maximum absolute atomic E-state index is 13.0. The Balaban J connectivity index is 2.00. The highest BCUT2D eigenvalue weighted by Crippen LogP contribution is 2.24. The van der Waals surface area contributed by atoms with Gasteiger partial charge in [-0.25, -0.2) is 0 Å². The van der Waals surface area contributed by atoms with Gasteiger partial charge >= 0.3 is 5.97 Å². The molecule has 1 heterocycles. The van der Waals surface area contributed by atoms with Crippen molar-refractivity contribution in [1.82, 2.24) is 15.5 Å². The van der Waals surface area contributed by atoms with Crippen LogP contribution in [0, 0.1) is 17.3 Å². The monoisotopic (exact) mass is 475 g/mol. The summed E-state index contributed by atoms with van der Waals surface area (Å²) in [5.41, 5.74) is 1.95. The number of rotatable bonds is 10. The molecule has 1 saturated carbocycles. The first kappa shape index (κ1) is 28.0. The molecule has 192 valence electrons. The van der Waals surface area contributed by atoms with E-state index in [9.17, 15) is 9.59 Å². The van der Waals surface area contributed by atoms with Gasteiger partial charge in [-0.05, 0) is 57.5 Å². The lowest BCUT2D eigenvalue weighted by Crippen LogP contribution is -2.38. The standard InChI is InChI=1S/C26H45N5O3/c1-19(25(34)29-16-20-9-7-6-8-10-20)23(24(27-5)26(2,3)4)30-18-28-15-21-11-13-31(14-12-21)17-22(32)33/h18,20-21H,6-17H2,1-5H3,(H,28,30)(H,29,34)(H,32,33)/b23-19-,27-24?. The van der Waals surface area contributed by atoms with E-state index < -0.39 is 5.97 Å². The molecule has 3 N–H and O–H groups in total. The number of carboxylic acids is 1. The van der Waals surface area contributed by atoms with E-state index in [1.54, 1.807) is 13.4 Å². The second-order valence-electron chi connectivity index (χ2n) is 10.8. The predicted molar refractivity (Wildman–Crippen MR) is 138 cm³/mol. The summed E-state index contributed by atoms with van der Waals surface area (Å²) in [6.45, 7) is 11.2. The number of hydrogen-bond donors (Lipinski definition) is 3. The Morgan fingerprint density at radius 3 is 2.26 bits per heavy atom. The maximum atomic E-state index is 13.0. The summed E-state index contributed by atoms with van der Waals surface area (Å²) < 4.78 is 0. The normalized spacial score (nSPS) is 20.3. The molecule has 0 radical (unpaired) electrons. The van der Waals surface area contributed by atoms with E-state index in [-0.39, 0.29) is 17.9 Å². The molecule has 1 aliphatic carbocycles. The molecular formula is C26H45N5O3. The number of hydrogen-bond acceptors (Lipinski definition) is 5. The molecule has 34 heavy (non-hydrogen) atoms. The number of carbonyl (C=O) groups is 2. The van der Waals surface area contributed by atoms with Crippen LogP contribution in [-0.4, -0.2) is 73.7 Å². The first-order valence-electron chi connectivity index (χ1n) is 12.8. The Bertz CT molecular complexity index is 768. The van der Waals surface area contributed by atoms with Gasteiger partial charge in [0.1, 0.15) is 0 Å². The Hall–Kier alpha value is -2.22. The summed E-state index contributed by atoms with van der Waals surface area (Å²) in [6, 6.07) is 0. The molecule has 0 aromatic heterocycles. The van der Waals surface area contributed by atoms with Crippen LogP contribution in [0.1, 0.15) is 72.6 Å². The average molecular weight is 476 g/mol. The number of amides is 1.